The average Bonchev–Trinajstić information content (AvgIpc) is 2.82. The maximum atomic E-state index is 5.64. The van der Waals surface area contributed by atoms with Crippen molar-refractivity contribution in [2.75, 3.05) is 0 Å². The molecule has 1 aromatic heterocycles. The number of nitrogens with one attached hydrogen (secondary N) is 1. The molecule has 0 aliphatic carbocycles. The molecule has 0 saturated heterocycles. The van der Waals surface area contributed by atoms with Crippen LogP contribution in [0, 0.1) is 0 Å². The standard InChI is InChI=1S/C16H21NO2/c1-16(2,3)17-10-13-9-15(18-11-13)12-19-14-7-5-4-6-8-14/h4-9,11,17H,10,12H2,1-3H3. The molecule has 0 spiro atoms. The van der Waals surface area contributed by atoms with Gasteiger partial charge in [-0.15, -0.1) is 0 Å². The lowest BCUT2D eigenvalue weighted by Crippen LogP contribution is -2.34. The maximum Gasteiger partial charge on any atom is 0.146 e. The van der Waals surface area contributed by atoms with Crippen molar-refractivity contribution in [3.8, 4) is 5.75 Å². The van der Waals surface area contributed by atoms with E-state index in [1.54, 1.807) is 6.26 Å². The van der Waals surface area contributed by atoms with Crippen molar-refractivity contribution in [3.05, 3.63) is 54.0 Å². The number of furan rings is 1. The van der Waals surface area contributed by atoms with Gasteiger partial charge < -0.3 is 14.5 Å². The third-order valence-corrected chi connectivity index (χ3v) is 2.66. The van der Waals surface area contributed by atoms with E-state index in [1.165, 1.54) is 0 Å². The van der Waals surface area contributed by atoms with Crippen LogP contribution >= 0.6 is 0 Å². The molecule has 0 unspecified atom stereocenters. The van der Waals surface area contributed by atoms with E-state index in [-0.39, 0.29) is 5.54 Å². The molecule has 2 rings (SSSR count). The number of hydrogen-bond donors (Lipinski definition) is 1. The lowest BCUT2D eigenvalue weighted by Gasteiger charge is -2.19. The van der Waals surface area contributed by atoms with Gasteiger partial charge in [0.05, 0.1) is 6.26 Å². The Kier molecular flexibility index (Phi) is 4.27. The van der Waals surface area contributed by atoms with Gasteiger partial charge in [0.15, 0.2) is 0 Å². The van der Waals surface area contributed by atoms with Crippen molar-refractivity contribution < 1.29 is 9.15 Å². The normalized spacial score (nSPS) is 11.5. The van der Waals surface area contributed by atoms with Gasteiger partial charge in [-0.2, -0.15) is 0 Å². The van der Waals surface area contributed by atoms with E-state index in [2.05, 4.69) is 26.1 Å². The molecule has 0 bridgehead atoms. The molecule has 0 amide bonds. The van der Waals surface area contributed by atoms with E-state index in [0.717, 1.165) is 23.6 Å². The topological polar surface area (TPSA) is 34.4 Å². The van der Waals surface area contributed by atoms with Crippen molar-refractivity contribution in [2.24, 2.45) is 0 Å². The van der Waals surface area contributed by atoms with E-state index in [4.69, 9.17) is 9.15 Å². The van der Waals surface area contributed by atoms with Crippen molar-refractivity contribution >= 4 is 0 Å². The Hall–Kier alpha value is -1.74. The van der Waals surface area contributed by atoms with Crippen LogP contribution in [0.25, 0.3) is 0 Å². The minimum absolute atomic E-state index is 0.109. The smallest absolute Gasteiger partial charge is 0.146 e. The van der Waals surface area contributed by atoms with Crippen molar-refractivity contribution in [2.45, 2.75) is 39.5 Å². The Morgan fingerprint density at radius 2 is 1.89 bits per heavy atom. The highest BCUT2D eigenvalue weighted by molar-refractivity contribution is 5.21. The fourth-order valence-electron chi connectivity index (χ4n) is 1.63. The van der Waals surface area contributed by atoms with Gasteiger partial charge in [0, 0.05) is 17.6 Å². The van der Waals surface area contributed by atoms with Gasteiger partial charge in [-0.05, 0) is 39.0 Å². The Morgan fingerprint density at radius 3 is 2.58 bits per heavy atom. The molecule has 2 aromatic rings. The highest BCUT2D eigenvalue weighted by atomic mass is 16.5. The summed E-state index contributed by atoms with van der Waals surface area (Å²) in [5.41, 5.74) is 1.25. The fourth-order valence-corrected chi connectivity index (χ4v) is 1.63. The molecule has 1 heterocycles. The summed E-state index contributed by atoms with van der Waals surface area (Å²) in [7, 11) is 0. The van der Waals surface area contributed by atoms with Gasteiger partial charge in [0.25, 0.3) is 0 Å². The first-order chi connectivity index (χ1) is 9.03. The molecule has 102 valence electrons. The molecule has 0 aliphatic rings. The number of rotatable bonds is 5. The molecule has 0 saturated carbocycles. The Bertz CT molecular complexity index is 497. The second-order valence-electron chi connectivity index (χ2n) is 5.63. The highest BCUT2D eigenvalue weighted by Gasteiger charge is 2.10. The third kappa shape index (κ3) is 4.79. The van der Waals surface area contributed by atoms with E-state index >= 15 is 0 Å². The molecule has 0 fully saturated rings. The molecule has 0 atom stereocenters. The summed E-state index contributed by atoms with van der Waals surface area (Å²) in [5.74, 6) is 1.70. The van der Waals surface area contributed by atoms with Gasteiger partial charge in [0.2, 0.25) is 0 Å². The molecule has 3 heteroatoms. The molecule has 1 N–H and O–H groups in total. The molecule has 19 heavy (non-hydrogen) atoms. The van der Waals surface area contributed by atoms with Crippen molar-refractivity contribution in [3.63, 3.8) is 0 Å². The molecular weight excluding hydrogens is 238 g/mol. The van der Waals surface area contributed by atoms with Crippen LogP contribution < -0.4 is 10.1 Å². The predicted molar refractivity (Wildman–Crippen MR) is 76.1 cm³/mol. The van der Waals surface area contributed by atoms with Gasteiger partial charge in [-0.3, -0.25) is 0 Å². The van der Waals surface area contributed by atoms with Crippen LogP contribution in [-0.4, -0.2) is 5.54 Å². The molecule has 3 nitrogen and oxygen atoms in total. The quantitative estimate of drug-likeness (QED) is 0.888. The van der Waals surface area contributed by atoms with E-state index in [9.17, 15) is 0 Å². The highest BCUT2D eigenvalue weighted by Crippen LogP contribution is 2.14. The Morgan fingerprint density at radius 1 is 1.16 bits per heavy atom. The van der Waals surface area contributed by atoms with Crippen LogP contribution in [0.1, 0.15) is 32.1 Å². The van der Waals surface area contributed by atoms with Gasteiger partial charge in [-0.1, -0.05) is 18.2 Å². The second-order valence-corrected chi connectivity index (χ2v) is 5.63. The Balaban J connectivity index is 1.84. The largest absolute Gasteiger partial charge is 0.486 e. The first-order valence-corrected chi connectivity index (χ1v) is 6.52. The van der Waals surface area contributed by atoms with Crippen LogP contribution in [0.2, 0.25) is 0 Å². The lowest BCUT2D eigenvalue weighted by molar-refractivity contribution is 0.270. The zero-order valence-electron chi connectivity index (χ0n) is 11.8. The zero-order chi connectivity index (χ0) is 13.7. The van der Waals surface area contributed by atoms with Gasteiger partial charge >= 0.3 is 0 Å². The summed E-state index contributed by atoms with van der Waals surface area (Å²) in [6.07, 6.45) is 1.78. The number of para-hydroxylation sites is 1. The molecular formula is C16H21NO2. The number of benzene rings is 1. The Labute approximate surface area is 114 Å². The summed E-state index contributed by atoms with van der Waals surface area (Å²) in [6.45, 7) is 7.70. The van der Waals surface area contributed by atoms with Crippen LogP contribution in [0.15, 0.2) is 47.1 Å². The monoisotopic (exact) mass is 259 g/mol. The van der Waals surface area contributed by atoms with E-state index < -0.39 is 0 Å². The van der Waals surface area contributed by atoms with Gasteiger partial charge in [-0.25, -0.2) is 0 Å². The molecule has 1 aromatic carbocycles. The molecule has 0 radical (unpaired) electrons. The molecule has 0 aliphatic heterocycles. The second kappa shape index (κ2) is 5.93. The SMILES string of the molecule is CC(C)(C)NCc1coc(COc2ccccc2)c1. The van der Waals surface area contributed by atoms with Crippen LogP contribution in [0.5, 0.6) is 5.75 Å². The fraction of sp³-hybridized carbons (Fsp3) is 0.375. The van der Waals surface area contributed by atoms with Crippen LogP contribution in [0.3, 0.4) is 0 Å². The maximum absolute atomic E-state index is 5.64. The third-order valence-electron chi connectivity index (χ3n) is 2.66. The van der Waals surface area contributed by atoms with E-state index in [0.29, 0.717) is 6.61 Å². The number of hydrogen-bond acceptors (Lipinski definition) is 3. The van der Waals surface area contributed by atoms with Crippen molar-refractivity contribution in [1.82, 2.24) is 5.32 Å². The summed E-state index contributed by atoms with van der Waals surface area (Å²) >= 11 is 0. The number of ether oxygens (including phenoxy) is 1. The summed E-state index contributed by atoms with van der Waals surface area (Å²) in [5, 5.41) is 3.42. The lowest BCUT2D eigenvalue weighted by atomic mass is 10.1. The minimum atomic E-state index is 0.109. The van der Waals surface area contributed by atoms with E-state index in [1.807, 2.05) is 36.4 Å². The average molecular weight is 259 g/mol. The first kappa shape index (κ1) is 13.7. The minimum Gasteiger partial charge on any atom is -0.486 e. The predicted octanol–water partition coefficient (Wildman–Crippen LogP) is 3.75. The zero-order valence-corrected chi connectivity index (χ0v) is 11.8. The van der Waals surface area contributed by atoms with Crippen molar-refractivity contribution in [1.29, 1.82) is 0 Å². The summed E-state index contributed by atoms with van der Waals surface area (Å²) < 4.78 is 11.1. The summed E-state index contributed by atoms with van der Waals surface area (Å²) in [4.78, 5) is 0. The summed E-state index contributed by atoms with van der Waals surface area (Å²) in [6, 6.07) is 11.8. The van der Waals surface area contributed by atoms with Crippen LogP contribution in [-0.2, 0) is 13.2 Å². The first-order valence-electron chi connectivity index (χ1n) is 6.52. The van der Waals surface area contributed by atoms with Gasteiger partial charge in [0.1, 0.15) is 18.1 Å². The van der Waals surface area contributed by atoms with Crippen LogP contribution in [0.4, 0.5) is 0 Å².